The van der Waals surface area contributed by atoms with Crippen molar-refractivity contribution in [2.24, 2.45) is 5.41 Å². The summed E-state index contributed by atoms with van der Waals surface area (Å²) >= 11 is 0. The first-order valence-corrected chi connectivity index (χ1v) is 9.73. The third-order valence-corrected chi connectivity index (χ3v) is 5.79. The number of nitrogens with one attached hydrogen (secondary N) is 2. The van der Waals surface area contributed by atoms with Crippen LogP contribution in [0.1, 0.15) is 68.9 Å². The zero-order valence-corrected chi connectivity index (χ0v) is 16.6. The molecule has 0 bridgehead atoms. The maximum Gasteiger partial charge on any atom is 0.267 e. The van der Waals surface area contributed by atoms with Gasteiger partial charge in [-0.3, -0.25) is 4.79 Å². The number of H-pyrrole nitrogens is 1. The molecule has 1 heterocycles. The molecule has 1 amide bonds. The van der Waals surface area contributed by atoms with E-state index in [1.807, 2.05) is 6.07 Å². The molecule has 26 heavy (non-hydrogen) atoms. The van der Waals surface area contributed by atoms with Gasteiger partial charge in [-0.25, -0.2) is 0 Å². The van der Waals surface area contributed by atoms with E-state index in [0.717, 1.165) is 23.9 Å². The summed E-state index contributed by atoms with van der Waals surface area (Å²) in [5.74, 6) is -0.0240. The summed E-state index contributed by atoms with van der Waals surface area (Å²) in [4.78, 5) is 15.8. The van der Waals surface area contributed by atoms with Gasteiger partial charge in [0.1, 0.15) is 5.69 Å². The van der Waals surface area contributed by atoms with Gasteiger partial charge in [-0.15, -0.1) is 0 Å². The number of methoxy groups -OCH3 is 1. The van der Waals surface area contributed by atoms with Gasteiger partial charge in [0.25, 0.3) is 5.91 Å². The second-order valence-electron chi connectivity index (χ2n) is 8.88. The van der Waals surface area contributed by atoms with Crippen molar-refractivity contribution in [1.29, 1.82) is 0 Å². The van der Waals surface area contributed by atoms with Gasteiger partial charge in [-0.2, -0.15) is 0 Å². The minimum atomic E-state index is -0.0240. The Kier molecular flexibility index (Phi) is 5.42. The lowest BCUT2D eigenvalue weighted by molar-refractivity contribution is 0.0742. The second kappa shape index (κ2) is 7.43. The molecular formula is C22H32N2O2. The van der Waals surface area contributed by atoms with Gasteiger partial charge in [0.05, 0.1) is 6.61 Å². The number of aromatic nitrogens is 1. The molecule has 3 rings (SSSR count). The molecule has 142 valence electrons. The van der Waals surface area contributed by atoms with Crippen molar-refractivity contribution in [2.45, 2.75) is 58.3 Å². The Bertz CT molecular complexity index is 764. The number of benzene rings is 1. The molecular weight excluding hydrogens is 324 g/mol. The summed E-state index contributed by atoms with van der Waals surface area (Å²) in [5, 5.41) is 4.17. The van der Waals surface area contributed by atoms with Crippen molar-refractivity contribution in [2.75, 3.05) is 20.3 Å². The molecule has 1 aliphatic rings. The van der Waals surface area contributed by atoms with Gasteiger partial charge >= 0.3 is 0 Å². The SMILES string of the molecule is COCC1(CCNC(=O)c2cc3ccc(C(C)(C)C)cc3[nH]2)CCCC1. The van der Waals surface area contributed by atoms with Gasteiger partial charge in [0, 0.05) is 24.6 Å². The zero-order chi connectivity index (χ0) is 18.8. The van der Waals surface area contributed by atoms with E-state index in [0.29, 0.717) is 12.2 Å². The fraction of sp³-hybridized carbons (Fsp3) is 0.591. The highest BCUT2D eigenvalue weighted by Crippen LogP contribution is 2.41. The predicted octanol–water partition coefficient (Wildman–Crippen LogP) is 4.79. The Hall–Kier alpha value is -1.81. The van der Waals surface area contributed by atoms with Crippen LogP contribution in [-0.2, 0) is 10.2 Å². The minimum absolute atomic E-state index is 0.0240. The summed E-state index contributed by atoms with van der Waals surface area (Å²) in [6.07, 6.45) is 5.95. The molecule has 0 atom stereocenters. The number of rotatable bonds is 6. The van der Waals surface area contributed by atoms with Gasteiger partial charge in [-0.1, -0.05) is 45.7 Å². The molecule has 1 aromatic carbocycles. The highest BCUT2D eigenvalue weighted by molar-refractivity contribution is 5.98. The average Bonchev–Trinajstić information content (AvgIpc) is 3.20. The molecule has 0 aliphatic heterocycles. The zero-order valence-electron chi connectivity index (χ0n) is 16.6. The van der Waals surface area contributed by atoms with Gasteiger partial charge < -0.3 is 15.0 Å². The summed E-state index contributed by atoms with van der Waals surface area (Å²) in [7, 11) is 1.77. The topological polar surface area (TPSA) is 54.1 Å². The van der Waals surface area contributed by atoms with E-state index in [4.69, 9.17) is 4.74 Å². The predicted molar refractivity (Wildman–Crippen MR) is 107 cm³/mol. The molecule has 0 unspecified atom stereocenters. The summed E-state index contributed by atoms with van der Waals surface area (Å²) < 4.78 is 5.43. The smallest absolute Gasteiger partial charge is 0.267 e. The van der Waals surface area contributed by atoms with Crippen molar-refractivity contribution in [3.05, 3.63) is 35.5 Å². The fourth-order valence-electron chi connectivity index (χ4n) is 4.15. The number of amides is 1. The summed E-state index contributed by atoms with van der Waals surface area (Å²) in [5.41, 5.74) is 3.28. The molecule has 0 spiro atoms. The van der Waals surface area contributed by atoms with Crippen molar-refractivity contribution < 1.29 is 9.53 Å². The molecule has 4 heteroatoms. The number of aromatic amines is 1. The standard InChI is InChI=1S/C22H32N2O2/c1-21(2,3)17-8-7-16-13-19(24-18(16)14-17)20(25)23-12-11-22(15-26-4)9-5-6-10-22/h7-8,13-14,24H,5-6,9-12,15H2,1-4H3,(H,23,25). The molecule has 2 N–H and O–H groups in total. The quantitative estimate of drug-likeness (QED) is 0.782. The largest absolute Gasteiger partial charge is 0.384 e. The normalized spacial score (nSPS) is 16.9. The van der Waals surface area contributed by atoms with Gasteiger partial charge in [-0.05, 0) is 47.8 Å². The van der Waals surface area contributed by atoms with Crippen LogP contribution < -0.4 is 5.32 Å². The Labute approximate surface area is 156 Å². The molecule has 4 nitrogen and oxygen atoms in total. The van der Waals surface area contributed by atoms with Crippen molar-refractivity contribution in [1.82, 2.24) is 10.3 Å². The van der Waals surface area contributed by atoms with E-state index in [2.05, 4.69) is 49.3 Å². The number of ether oxygens (including phenoxy) is 1. The van der Waals surface area contributed by atoms with Crippen LogP contribution in [-0.4, -0.2) is 31.2 Å². The van der Waals surface area contributed by atoms with Crippen LogP contribution in [0.15, 0.2) is 24.3 Å². The molecule has 0 saturated heterocycles. The fourth-order valence-corrected chi connectivity index (χ4v) is 4.15. The van der Waals surface area contributed by atoms with Crippen LogP contribution >= 0.6 is 0 Å². The maximum atomic E-state index is 12.6. The van der Waals surface area contributed by atoms with Crippen LogP contribution in [0.25, 0.3) is 10.9 Å². The monoisotopic (exact) mass is 356 g/mol. The second-order valence-corrected chi connectivity index (χ2v) is 8.88. The van der Waals surface area contributed by atoms with Crippen LogP contribution in [0.4, 0.5) is 0 Å². The Morgan fingerprint density at radius 1 is 1.23 bits per heavy atom. The first kappa shape index (κ1) is 19.0. The van der Waals surface area contributed by atoms with Gasteiger partial charge in [0.2, 0.25) is 0 Å². The highest BCUT2D eigenvalue weighted by atomic mass is 16.5. The Balaban J connectivity index is 1.64. The van der Waals surface area contributed by atoms with Crippen LogP contribution in [0.2, 0.25) is 0 Å². The van der Waals surface area contributed by atoms with E-state index in [-0.39, 0.29) is 16.7 Å². The van der Waals surface area contributed by atoms with Crippen LogP contribution in [0.5, 0.6) is 0 Å². The van der Waals surface area contributed by atoms with E-state index in [1.54, 1.807) is 7.11 Å². The number of hydrogen-bond donors (Lipinski definition) is 2. The third kappa shape index (κ3) is 4.12. The van der Waals surface area contributed by atoms with E-state index in [1.165, 1.54) is 31.2 Å². The minimum Gasteiger partial charge on any atom is -0.384 e. The summed E-state index contributed by atoms with van der Waals surface area (Å²) in [6.45, 7) is 8.09. The molecule has 1 saturated carbocycles. The molecule has 1 aromatic heterocycles. The van der Waals surface area contributed by atoms with Crippen LogP contribution in [0.3, 0.4) is 0 Å². The number of carbonyl (C=O) groups excluding carboxylic acids is 1. The van der Waals surface area contributed by atoms with Crippen molar-refractivity contribution in [3.63, 3.8) is 0 Å². The maximum absolute atomic E-state index is 12.6. The average molecular weight is 357 g/mol. The first-order chi connectivity index (χ1) is 12.3. The van der Waals surface area contributed by atoms with Crippen molar-refractivity contribution in [3.8, 4) is 0 Å². The molecule has 1 fully saturated rings. The Morgan fingerprint density at radius 2 is 1.96 bits per heavy atom. The lowest BCUT2D eigenvalue weighted by Gasteiger charge is -2.28. The van der Waals surface area contributed by atoms with Crippen LogP contribution in [0, 0.1) is 5.41 Å². The first-order valence-electron chi connectivity index (χ1n) is 9.73. The third-order valence-electron chi connectivity index (χ3n) is 5.79. The van der Waals surface area contributed by atoms with E-state index in [9.17, 15) is 4.79 Å². The lowest BCUT2D eigenvalue weighted by Crippen LogP contribution is -2.31. The highest BCUT2D eigenvalue weighted by Gasteiger charge is 2.33. The Morgan fingerprint density at radius 3 is 2.62 bits per heavy atom. The number of fused-ring (bicyclic) bond motifs is 1. The van der Waals surface area contributed by atoms with E-state index >= 15 is 0 Å². The number of carbonyl (C=O) groups is 1. The van der Waals surface area contributed by atoms with Gasteiger partial charge in [0.15, 0.2) is 0 Å². The lowest BCUT2D eigenvalue weighted by atomic mass is 9.83. The molecule has 2 aromatic rings. The molecule has 0 radical (unpaired) electrons. The molecule has 1 aliphatic carbocycles. The van der Waals surface area contributed by atoms with E-state index < -0.39 is 0 Å². The summed E-state index contributed by atoms with van der Waals surface area (Å²) in [6, 6.07) is 8.33. The number of hydrogen-bond acceptors (Lipinski definition) is 2. The van der Waals surface area contributed by atoms with Crippen molar-refractivity contribution >= 4 is 16.8 Å².